The third kappa shape index (κ3) is 2.58. The highest BCUT2D eigenvalue weighted by Gasteiger charge is 2.26. The van der Waals surface area contributed by atoms with Crippen molar-refractivity contribution in [2.75, 3.05) is 13.1 Å². The van der Waals surface area contributed by atoms with Crippen molar-refractivity contribution < 1.29 is 0 Å². The normalized spacial score (nSPS) is 24.3. The Morgan fingerprint density at radius 2 is 2.25 bits per heavy atom. The van der Waals surface area contributed by atoms with E-state index in [1.165, 1.54) is 23.8 Å². The van der Waals surface area contributed by atoms with Crippen molar-refractivity contribution in [3.8, 4) is 0 Å². The first-order valence-electron chi connectivity index (χ1n) is 7.70. The van der Waals surface area contributed by atoms with Crippen LogP contribution in [-0.2, 0) is 6.54 Å². The largest absolute Gasteiger partial charge is 0.346 e. The molecular weight excluding hydrogens is 248 g/mol. The van der Waals surface area contributed by atoms with Crippen LogP contribution in [0.3, 0.4) is 0 Å². The van der Waals surface area contributed by atoms with E-state index in [1.807, 2.05) is 12.3 Å². The van der Waals surface area contributed by atoms with E-state index < -0.39 is 0 Å². The van der Waals surface area contributed by atoms with Gasteiger partial charge in [-0.25, -0.2) is 4.98 Å². The Balaban J connectivity index is 1.80. The van der Waals surface area contributed by atoms with E-state index >= 15 is 0 Å². The Bertz CT molecular complexity index is 562. The monoisotopic (exact) mass is 272 g/mol. The molecule has 0 spiro atoms. The van der Waals surface area contributed by atoms with Crippen LogP contribution >= 0.6 is 0 Å². The summed E-state index contributed by atoms with van der Waals surface area (Å²) in [7, 11) is 0. The second-order valence-corrected chi connectivity index (χ2v) is 5.72. The minimum absolute atomic E-state index is 0.626. The molecular formula is C16H24N4. The molecule has 0 radical (unpaired) electrons. The maximum atomic E-state index is 4.38. The average Bonchev–Trinajstić information content (AvgIpc) is 2.90. The third-order valence-electron chi connectivity index (χ3n) is 4.49. The van der Waals surface area contributed by atoms with Gasteiger partial charge in [-0.1, -0.05) is 13.8 Å². The van der Waals surface area contributed by atoms with Crippen molar-refractivity contribution >= 4 is 11.0 Å². The van der Waals surface area contributed by atoms with Crippen molar-refractivity contribution in [3.05, 3.63) is 30.1 Å². The predicted octanol–water partition coefficient (Wildman–Crippen LogP) is 2.53. The zero-order valence-electron chi connectivity index (χ0n) is 12.4. The highest BCUT2D eigenvalue weighted by molar-refractivity contribution is 5.79. The Morgan fingerprint density at radius 3 is 3.05 bits per heavy atom. The van der Waals surface area contributed by atoms with Crippen LogP contribution in [0.15, 0.2) is 24.5 Å². The molecule has 1 saturated heterocycles. The van der Waals surface area contributed by atoms with E-state index in [9.17, 15) is 0 Å². The van der Waals surface area contributed by atoms with E-state index in [0.29, 0.717) is 12.1 Å². The Labute approximate surface area is 120 Å². The van der Waals surface area contributed by atoms with Crippen LogP contribution in [0, 0.1) is 0 Å². The lowest BCUT2D eigenvalue weighted by molar-refractivity contribution is 0.118. The van der Waals surface area contributed by atoms with Gasteiger partial charge in [-0.2, -0.15) is 0 Å². The number of piperazine rings is 1. The summed E-state index contributed by atoms with van der Waals surface area (Å²) in [5.41, 5.74) is 2.36. The lowest BCUT2D eigenvalue weighted by Crippen LogP contribution is -2.55. The van der Waals surface area contributed by atoms with Crippen LogP contribution in [0.1, 0.15) is 32.3 Å². The van der Waals surface area contributed by atoms with E-state index in [4.69, 9.17) is 0 Å². The van der Waals surface area contributed by atoms with Gasteiger partial charge in [0, 0.05) is 49.5 Å². The van der Waals surface area contributed by atoms with Crippen molar-refractivity contribution in [1.29, 1.82) is 0 Å². The molecule has 0 bridgehead atoms. The SMILES string of the molecule is CCC1CN(Cc2c[nH]c3ncccc23)C(CC)CN1. The summed E-state index contributed by atoms with van der Waals surface area (Å²) in [5, 5.41) is 4.91. The molecule has 2 unspecified atom stereocenters. The van der Waals surface area contributed by atoms with Gasteiger partial charge in [-0.05, 0) is 30.5 Å². The van der Waals surface area contributed by atoms with Gasteiger partial charge in [-0.15, -0.1) is 0 Å². The fraction of sp³-hybridized carbons (Fsp3) is 0.562. The van der Waals surface area contributed by atoms with Crippen LogP contribution in [0.4, 0.5) is 0 Å². The van der Waals surface area contributed by atoms with Gasteiger partial charge in [0.1, 0.15) is 5.65 Å². The van der Waals surface area contributed by atoms with E-state index in [1.54, 1.807) is 0 Å². The lowest BCUT2D eigenvalue weighted by atomic mass is 10.0. The van der Waals surface area contributed by atoms with Gasteiger partial charge in [0.05, 0.1) is 0 Å². The first-order chi connectivity index (χ1) is 9.81. The van der Waals surface area contributed by atoms with Crippen LogP contribution in [-0.4, -0.2) is 40.0 Å². The van der Waals surface area contributed by atoms with Crippen LogP contribution in [0.5, 0.6) is 0 Å². The van der Waals surface area contributed by atoms with Gasteiger partial charge in [0.25, 0.3) is 0 Å². The number of pyridine rings is 1. The van der Waals surface area contributed by atoms with Crippen molar-refractivity contribution in [2.45, 2.75) is 45.3 Å². The fourth-order valence-electron chi connectivity index (χ4n) is 3.16. The number of hydrogen-bond donors (Lipinski definition) is 2. The predicted molar refractivity (Wildman–Crippen MR) is 82.7 cm³/mol. The van der Waals surface area contributed by atoms with E-state index in [-0.39, 0.29) is 0 Å². The van der Waals surface area contributed by atoms with Gasteiger partial charge in [0.2, 0.25) is 0 Å². The topological polar surface area (TPSA) is 44.0 Å². The molecule has 3 heterocycles. The maximum absolute atomic E-state index is 4.38. The molecule has 0 aromatic carbocycles. The first-order valence-corrected chi connectivity index (χ1v) is 7.70. The highest BCUT2D eigenvalue weighted by Crippen LogP contribution is 2.21. The molecule has 3 rings (SSSR count). The molecule has 1 aliphatic rings. The molecule has 2 N–H and O–H groups in total. The smallest absolute Gasteiger partial charge is 0.137 e. The van der Waals surface area contributed by atoms with Crippen molar-refractivity contribution in [1.82, 2.24) is 20.2 Å². The highest BCUT2D eigenvalue weighted by atomic mass is 15.2. The zero-order valence-corrected chi connectivity index (χ0v) is 12.4. The number of hydrogen-bond acceptors (Lipinski definition) is 3. The van der Waals surface area contributed by atoms with Gasteiger partial charge in [-0.3, -0.25) is 4.90 Å². The molecule has 4 heteroatoms. The number of aromatic nitrogens is 2. The molecule has 2 atom stereocenters. The summed E-state index contributed by atoms with van der Waals surface area (Å²) < 4.78 is 0. The fourth-order valence-corrected chi connectivity index (χ4v) is 3.16. The molecule has 2 aromatic heterocycles. The number of nitrogens with one attached hydrogen (secondary N) is 2. The van der Waals surface area contributed by atoms with Gasteiger partial charge in [0.15, 0.2) is 0 Å². The standard InChI is InChI=1S/C16H24N4/c1-3-13-11-20(14(4-2)9-18-13)10-12-8-19-16-15(12)6-5-7-17-16/h5-8,13-14,18H,3-4,9-11H2,1-2H3,(H,17,19). The summed E-state index contributed by atoms with van der Waals surface area (Å²) in [6, 6.07) is 5.44. The Kier molecular flexibility index (Phi) is 4.03. The number of rotatable bonds is 4. The Morgan fingerprint density at radius 1 is 1.35 bits per heavy atom. The van der Waals surface area contributed by atoms with Crippen LogP contribution in [0.2, 0.25) is 0 Å². The minimum Gasteiger partial charge on any atom is -0.346 e. The maximum Gasteiger partial charge on any atom is 0.137 e. The lowest BCUT2D eigenvalue weighted by Gasteiger charge is -2.40. The minimum atomic E-state index is 0.626. The first kappa shape index (κ1) is 13.6. The summed E-state index contributed by atoms with van der Waals surface area (Å²) >= 11 is 0. The molecule has 0 saturated carbocycles. The van der Waals surface area contributed by atoms with E-state index in [2.05, 4.69) is 46.3 Å². The molecule has 1 fully saturated rings. The number of nitrogens with zero attached hydrogens (tertiary/aromatic N) is 2. The quantitative estimate of drug-likeness (QED) is 0.899. The second-order valence-electron chi connectivity index (χ2n) is 5.72. The summed E-state index contributed by atoms with van der Waals surface area (Å²) in [6.07, 6.45) is 6.36. The Hall–Kier alpha value is -1.39. The van der Waals surface area contributed by atoms with E-state index in [0.717, 1.165) is 25.3 Å². The van der Waals surface area contributed by atoms with Gasteiger partial charge >= 0.3 is 0 Å². The van der Waals surface area contributed by atoms with Crippen molar-refractivity contribution in [2.24, 2.45) is 0 Å². The number of fused-ring (bicyclic) bond motifs is 1. The van der Waals surface area contributed by atoms with Crippen LogP contribution in [0.25, 0.3) is 11.0 Å². The molecule has 1 aliphatic heterocycles. The third-order valence-corrected chi connectivity index (χ3v) is 4.49. The molecule has 20 heavy (non-hydrogen) atoms. The summed E-state index contributed by atoms with van der Waals surface area (Å²) in [6.45, 7) is 7.81. The second kappa shape index (κ2) is 5.94. The molecule has 2 aromatic rings. The zero-order chi connectivity index (χ0) is 13.9. The van der Waals surface area contributed by atoms with Gasteiger partial charge < -0.3 is 10.3 Å². The number of aromatic amines is 1. The molecule has 108 valence electrons. The number of H-pyrrole nitrogens is 1. The molecule has 4 nitrogen and oxygen atoms in total. The van der Waals surface area contributed by atoms with Crippen LogP contribution < -0.4 is 5.32 Å². The average molecular weight is 272 g/mol. The summed E-state index contributed by atoms with van der Waals surface area (Å²) in [5.74, 6) is 0. The molecule has 0 amide bonds. The summed E-state index contributed by atoms with van der Waals surface area (Å²) in [4.78, 5) is 10.3. The molecule has 0 aliphatic carbocycles. The van der Waals surface area contributed by atoms with Crippen molar-refractivity contribution in [3.63, 3.8) is 0 Å².